The third-order valence-electron chi connectivity index (χ3n) is 5.57. The van der Waals surface area contributed by atoms with E-state index in [0.29, 0.717) is 11.3 Å². The molecule has 7 heteroatoms. The lowest BCUT2D eigenvalue weighted by atomic mass is 10.0. The van der Waals surface area contributed by atoms with Crippen molar-refractivity contribution in [2.24, 2.45) is 0 Å². The van der Waals surface area contributed by atoms with Crippen LogP contribution in [0.3, 0.4) is 0 Å². The lowest BCUT2D eigenvalue weighted by molar-refractivity contribution is 0.0694. The molecular formula is C21H20N2O4S. The Morgan fingerprint density at radius 3 is 2.86 bits per heavy atom. The van der Waals surface area contributed by atoms with Crippen molar-refractivity contribution in [2.45, 2.75) is 31.7 Å². The van der Waals surface area contributed by atoms with Gasteiger partial charge in [0.1, 0.15) is 5.56 Å². The second kappa shape index (κ2) is 6.46. The molecule has 144 valence electrons. The van der Waals surface area contributed by atoms with Gasteiger partial charge >= 0.3 is 5.97 Å². The largest absolute Gasteiger partial charge is 0.494 e. The van der Waals surface area contributed by atoms with E-state index in [4.69, 9.17) is 4.74 Å². The van der Waals surface area contributed by atoms with E-state index in [1.165, 1.54) is 14.8 Å². The highest BCUT2D eigenvalue weighted by Crippen LogP contribution is 2.46. The number of nitrogens with one attached hydrogen (secondary N) is 1. The Hall–Kier alpha value is -2.64. The molecular weight excluding hydrogens is 376 g/mol. The molecule has 1 aliphatic heterocycles. The number of aromatic carboxylic acids is 1. The van der Waals surface area contributed by atoms with Gasteiger partial charge in [0.15, 0.2) is 5.75 Å². The molecule has 3 aromatic rings. The normalized spacial score (nSPS) is 16.2. The number of aromatic nitrogens is 1. The van der Waals surface area contributed by atoms with Crippen molar-refractivity contribution < 1.29 is 14.6 Å². The molecule has 5 rings (SSSR count). The maximum Gasteiger partial charge on any atom is 0.341 e. The van der Waals surface area contributed by atoms with Crippen LogP contribution in [0.5, 0.6) is 5.75 Å². The molecule has 0 radical (unpaired) electrons. The summed E-state index contributed by atoms with van der Waals surface area (Å²) in [7, 11) is 1.61. The lowest BCUT2D eigenvalue weighted by Gasteiger charge is -2.15. The first-order chi connectivity index (χ1) is 13.6. The summed E-state index contributed by atoms with van der Waals surface area (Å²) in [6, 6.07) is 5.61. The monoisotopic (exact) mass is 396 g/mol. The van der Waals surface area contributed by atoms with Crippen molar-refractivity contribution in [3.63, 3.8) is 0 Å². The predicted molar refractivity (Wildman–Crippen MR) is 108 cm³/mol. The third-order valence-corrected chi connectivity index (χ3v) is 6.84. The van der Waals surface area contributed by atoms with Crippen molar-refractivity contribution in [3.05, 3.63) is 56.3 Å². The van der Waals surface area contributed by atoms with Gasteiger partial charge in [-0.15, -0.1) is 11.3 Å². The quantitative estimate of drug-likeness (QED) is 0.708. The summed E-state index contributed by atoms with van der Waals surface area (Å²) in [6.45, 7) is 1.86. The topological polar surface area (TPSA) is 80.0 Å². The second-order valence-corrected chi connectivity index (χ2v) is 8.50. The molecule has 0 bridgehead atoms. The SMILES string of the molecule is COc1c(-c2cc3c(s2)CCNC3)ccn2c(=O)c(C(=O)O)cc(C3CC3)c12. The van der Waals surface area contributed by atoms with Gasteiger partial charge in [0.05, 0.1) is 12.6 Å². The molecule has 0 aromatic carbocycles. The Kier molecular flexibility index (Phi) is 4.03. The van der Waals surface area contributed by atoms with Crippen molar-refractivity contribution in [2.75, 3.05) is 13.7 Å². The van der Waals surface area contributed by atoms with Gasteiger partial charge in [-0.2, -0.15) is 0 Å². The van der Waals surface area contributed by atoms with Gasteiger partial charge in [0.2, 0.25) is 0 Å². The summed E-state index contributed by atoms with van der Waals surface area (Å²) < 4.78 is 7.24. The number of methoxy groups -OCH3 is 1. The number of carbonyl (C=O) groups is 1. The molecule has 6 nitrogen and oxygen atoms in total. The van der Waals surface area contributed by atoms with Gasteiger partial charge < -0.3 is 15.2 Å². The lowest BCUT2D eigenvalue weighted by Crippen LogP contribution is -2.23. The van der Waals surface area contributed by atoms with Crippen LogP contribution in [0.15, 0.2) is 29.2 Å². The van der Waals surface area contributed by atoms with Gasteiger partial charge in [-0.05, 0) is 54.5 Å². The van der Waals surface area contributed by atoms with Gasteiger partial charge in [0.25, 0.3) is 5.56 Å². The average Bonchev–Trinajstić information content (AvgIpc) is 3.45. The van der Waals surface area contributed by atoms with Gasteiger partial charge in [-0.3, -0.25) is 9.20 Å². The van der Waals surface area contributed by atoms with E-state index < -0.39 is 11.5 Å². The number of thiophene rings is 1. The Balaban J connectivity index is 1.79. The number of pyridine rings is 2. The highest BCUT2D eigenvalue weighted by molar-refractivity contribution is 7.15. The molecule has 2 aliphatic rings. The Morgan fingerprint density at radius 1 is 1.36 bits per heavy atom. The minimum absolute atomic E-state index is 0.188. The van der Waals surface area contributed by atoms with Crippen molar-refractivity contribution in [1.82, 2.24) is 9.72 Å². The Labute approximate surface area is 165 Å². The fourth-order valence-corrected chi connectivity index (χ4v) is 5.24. The maximum atomic E-state index is 12.8. The van der Waals surface area contributed by atoms with Crippen molar-refractivity contribution in [1.29, 1.82) is 0 Å². The average molecular weight is 396 g/mol. The fraction of sp³-hybridized carbons (Fsp3) is 0.333. The summed E-state index contributed by atoms with van der Waals surface area (Å²) in [5.41, 5.74) is 3.14. The first-order valence-electron chi connectivity index (χ1n) is 9.40. The molecule has 0 spiro atoms. The highest BCUT2D eigenvalue weighted by atomic mass is 32.1. The smallest absolute Gasteiger partial charge is 0.341 e. The number of carboxylic acids is 1. The van der Waals surface area contributed by atoms with E-state index in [1.807, 2.05) is 6.07 Å². The molecule has 1 saturated carbocycles. The zero-order valence-corrected chi connectivity index (χ0v) is 16.3. The van der Waals surface area contributed by atoms with Gasteiger partial charge in [-0.25, -0.2) is 4.79 Å². The zero-order chi connectivity index (χ0) is 19.4. The zero-order valence-electron chi connectivity index (χ0n) is 15.4. The Bertz CT molecular complexity index is 1150. The van der Waals surface area contributed by atoms with Crippen LogP contribution >= 0.6 is 11.3 Å². The number of fused-ring (bicyclic) bond motifs is 2. The van der Waals surface area contributed by atoms with Crippen molar-refractivity contribution >= 4 is 22.8 Å². The van der Waals surface area contributed by atoms with E-state index in [0.717, 1.165) is 48.4 Å². The summed E-state index contributed by atoms with van der Waals surface area (Å²) in [6.07, 6.45) is 4.70. The first-order valence-corrected chi connectivity index (χ1v) is 10.2. The highest BCUT2D eigenvalue weighted by Gasteiger charge is 2.30. The van der Waals surface area contributed by atoms with Crippen LogP contribution in [0.2, 0.25) is 0 Å². The van der Waals surface area contributed by atoms with Crippen LogP contribution in [-0.2, 0) is 13.0 Å². The van der Waals surface area contributed by atoms with Crippen LogP contribution in [0.4, 0.5) is 0 Å². The second-order valence-electron chi connectivity index (χ2n) is 7.37. The molecule has 0 unspecified atom stereocenters. The van der Waals surface area contributed by atoms with E-state index in [2.05, 4.69) is 11.4 Å². The molecule has 0 atom stereocenters. The van der Waals surface area contributed by atoms with Crippen LogP contribution in [0, 0.1) is 0 Å². The minimum atomic E-state index is -1.19. The summed E-state index contributed by atoms with van der Waals surface area (Å²) in [5, 5.41) is 12.9. The fourth-order valence-electron chi connectivity index (χ4n) is 4.04. The van der Waals surface area contributed by atoms with E-state index >= 15 is 0 Å². The standard InChI is InChI=1S/C21H20N2O4S/c1-27-19-13(17-8-12-10-22-6-4-16(12)28-17)5-7-23-18(19)14(11-2-3-11)9-15(20(23)24)21(25)26/h5,7-9,11,22H,2-4,6,10H2,1H3,(H,25,26). The van der Waals surface area contributed by atoms with Gasteiger partial charge in [-0.1, -0.05) is 0 Å². The molecule has 0 amide bonds. The Morgan fingerprint density at radius 2 is 2.18 bits per heavy atom. The third kappa shape index (κ3) is 2.65. The number of hydrogen-bond donors (Lipinski definition) is 2. The number of nitrogens with zero attached hydrogens (tertiary/aromatic N) is 1. The minimum Gasteiger partial charge on any atom is -0.494 e. The summed E-state index contributed by atoms with van der Waals surface area (Å²) in [5.74, 6) is -0.272. The summed E-state index contributed by atoms with van der Waals surface area (Å²) in [4.78, 5) is 26.8. The molecule has 4 heterocycles. The van der Waals surface area contributed by atoms with Gasteiger partial charge in [0, 0.05) is 34.6 Å². The molecule has 1 aliphatic carbocycles. The maximum absolute atomic E-state index is 12.8. The number of carboxylic acid groups (broad SMARTS) is 1. The first kappa shape index (κ1) is 17.5. The number of rotatable bonds is 4. The predicted octanol–water partition coefficient (Wildman–Crippen LogP) is 3.26. The van der Waals surface area contributed by atoms with Crippen LogP contribution in [0.1, 0.15) is 45.1 Å². The molecule has 28 heavy (non-hydrogen) atoms. The van der Waals surface area contributed by atoms with Crippen LogP contribution in [-0.4, -0.2) is 29.1 Å². The molecule has 2 N–H and O–H groups in total. The van der Waals surface area contributed by atoms with E-state index in [9.17, 15) is 14.7 Å². The molecule has 1 fully saturated rings. The van der Waals surface area contributed by atoms with E-state index in [1.54, 1.807) is 30.7 Å². The molecule has 0 saturated heterocycles. The number of ether oxygens (including phenoxy) is 1. The van der Waals surface area contributed by atoms with Crippen molar-refractivity contribution in [3.8, 4) is 16.2 Å². The number of hydrogen-bond acceptors (Lipinski definition) is 5. The summed E-state index contributed by atoms with van der Waals surface area (Å²) >= 11 is 1.77. The molecule has 3 aromatic heterocycles. The van der Waals surface area contributed by atoms with E-state index in [-0.39, 0.29) is 11.5 Å². The van der Waals surface area contributed by atoms with Crippen LogP contribution in [0.25, 0.3) is 16.0 Å². The van der Waals surface area contributed by atoms with Crippen LogP contribution < -0.4 is 15.6 Å².